The Labute approximate surface area is 138 Å². The Balaban J connectivity index is 1.56. The fourth-order valence-corrected chi connectivity index (χ4v) is 3.45. The zero-order valence-corrected chi connectivity index (χ0v) is 13.5. The summed E-state index contributed by atoms with van der Waals surface area (Å²) in [6.45, 7) is 2.22. The van der Waals surface area contributed by atoms with Crippen LogP contribution >= 0.6 is 11.3 Å². The van der Waals surface area contributed by atoms with Crippen molar-refractivity contribution in [2.24, 2.45) is 5.10 Å². The second-order valence-electron chi connectivity index (χ2n) is 5.43. The van der Waals surface area contributed by atoms with E-state index in [1.165, 1.54) is 48.5 Å². The first-order valence-electron chi connectivity index (χ1n) is 7.66. The zero-order chi connectivity index (χ0) is 16.1. The van der Waals surface area contributed by atoms with Crippen LogP contribution in [0.3, 0.4) is 0 Å². The van der Waals surface area contributed by atoms with Crippen molar-refractivity contribution in [2.45, 2.75) is 19.3 Å². The number of rotatable bonds is 4. The predicted molar refractivity (Wildman–Crippen MR) is 91.8 cm³/mol. The maximum atomic E-state index is 12.8. The SMILES string of the molecule is O=C(N/N=C\c1ccc(N2CCCCC2)s1)c1ccc(F)cc1. The number of carbonyl (C=O) groups excluding carboxylic acids is 1. The van der Waals surface area contributed by atoms with E-state index in [0.717, 1.165) is 18.0 Å². The third kappa shape index (κ3) is 4.16. The van der Waals surface area contributed by atoms with Crippen molar-refractivity contribution >= 4 is 28.5 Å². The first kappa shape index (κ1) is 15.7. The fourth-order valence-electron chi connectivity index (χ4n) is 2.52. The molecule has 1 saturated heterocycles. The lowest BCUT2D eigenvalue weighted by Gasteiger charge is -2.27. The molecule has 0 aliphatic carbocycles. The molecule has 0 unspecified atom stereocenters. The number of amides is 1. The van der Waals surface area contributed by atoms with Gasteiger partial charge in [-0.1, -0.05) is 0 Å². The Morgan fingerprint density at radius 1 is 1.13 bits per heavy atom. The van der Waals surface area contributed by atoms with Crippen LogP contribution in [0.15, 0.2) is 41.5 Å². The molecule has 6 heteroatoms. The van der Waals surface area contributed by atoms with E-state index < -0.39 is 0 Å². The van der Waals surface area contributed by atoms with Crippen LogP contribution < -0.4 is 10.3 Å². The number of hydrogen-bond acceptors (Lipinski definition) is 4. The molecule has 1 aromatic carbocycles. The number of nitrogens with zero attached hydrogens (tertiary/aromatic N) is 2. The summed E-state index contributed by atoms with van der Waals surface area (Å²) < 4.78 is 12.8. The lowest BCUT2D eigenvalue weighted by atomic mass is 10.1. The summed E-state index contributed by atoms with van der Waals surface area (Å²) in [7, 11) is 0. The first-order chi connectivity index (χ1) is 11.2. The maximum Gasteiger partial charge on any atom is 0.271 e. The second kappa shape index (κ2) is 7.37. The summed E-state index contributed by atoms with van der Waals surface area (Å²) in [5, 5.41) is 5.22. The highest BCUT2D eigenvalue weighted by Crippen LogP contribution is 2.27. The van der Waals surface area contributed by atoms with E-state index in [4.69, 9.17) is 0 Å². The van der Waals surface area contributed by atoms with Gasteiger partial charge in [0.15, 0.2) is 0 Å². The molecule has 1 aliphatic rings. The summed E-state index contributed by atoms with van der Waals surface area (Å²) in [6, 6.07) is 9.46. The quantitative estimate of drug-likeness (QED) is 0.687. The molecular formula is C17H18FN3OS. The van der Waals surface area contributed by atoms with Crippen LogP contribution in [0, 0.1) is 5.82 Å². The van der Waals surface area contributed by atoms with Gasteiger partial charge in [-0.15, -0.1) is 11.3 Å². The summed E-state index contributed by atoms with van der Waals surface area (Å²) in [6.07, 6.45) is 5.44. The number of hydrazone groups is 1. The normalized spacial score (nSPS) is 15.1. The van der Waals surface area contributed by atoms with Crippen LogP contribution in [0.1, 0.15) is 34.5 Å². The van der Waals surface area contributed by atoms with Crippen LogP contribution in [0.2, 0.25) is 0 Å². The fraction of sp³-hybridized carbons (Fsp3) is 0.294. The van der Waals surface area contributed by atoms with Crippen molar-refractivity contribution in [2.75, 3.05) is 18.0 Å². The monoisotopic (exact) mass is 331 g/mol. The summed E-state index contributed by atoms with van der Waals surface area (Å²) in [4.78, 5) is 15.2. The van der Waals surface area contributed by atoms with E-state index >= 15 is 0 Å². The number of benzene rings is 1. The Morgan fingerprint density at radius 2 is 1.87 bits per heavy atom. The minimum absolute atomic E-state index is 0.353. The molecule has 3 rings (SSSR count). The van der Waals surface area contributed by atoms with Gasteiger partial charge >= 0.3 is 0 Å². The van der Waals surface area contributed by atoms with E-state index in [-0.39, 0.29) is 11.7 Å². The Hall–Kier alpha value is -2.21. The standard InChI is InChI=1S/C17H18FN3OS/c18-14-6-4-13(5-7-14)17(22)20-19-12-15-8-9-16(23-15)21-10-2-1-3-11-21/h4-9,12H,1-3,10-11H2,(H,20,22)/b19-12-. The highest BCUT2D eigenvalue weighted by molar-refractivity contribution is 7.17. The summed E-state index contributed by atoms with van der Waals surface area (Å²) in [5.41, 5.74) is 2.84. The Morgan fingerprint density at radius 3 is 2.61 bits per heavy atom. The minimum atomic E-state index is -0.367. The predicted octanol–water partition coefficient (Wildman–Crippen LogP) is 3.64. The van der Waals surface area contributed by atoms with Crippen molar-refractivity contribution < 1.29 is 9.18 Å². The Kier molecular flexibility index (Phi) is 5.02. The number of thiophene rings is 1. The smallest absolute Gasteiger partial charge is 0.271 e. The Bertz CT molecular complexity index is 690. The molecule has 2 heterocycles. The van der Waals surface area contributed by atoms with Crippen molar-refractivity contribution in [3.05, 3.63) is 52.7 Å². The number of anilines is 1. The largest absolute Gasteiger partial charge is 0.363 e. The molecule has 1 aromatic heterocycles. The molecule has 0 saturated carbocycles. The van der Waals surface area contributed by atoms with Gasteiger partial charge in [0.25, 0.3) is 5.91 Å². The van der Waals surface area contributed by atoms with Gasteiger partial charge in [-0.25, -0.2) is 9.82 Å². The number of piperidine rings is 1. The van der Waals surface area contributed by atoms with Gasteiger partial charge in [-0.05, 0) is 55.7 Å². The molecule has 1 amide bonds. The van der Waals surface area contributed by atoms with Crippen LogP contribution in [0.4, 0.5) is 9.39 Å². The average molecular weight is 331 g/mol. The van der Waals surface area contributed by atoms with E-state index in [1.54, 1.807) is 17.6 Å². The van der Waals surface area contributed by atoms with Crippen LogP contribution in [0.25, 0.3) is 0 Å². The molecule has 2 aromatic rings. The van der Waals surface area contributed by atoms with Crippen molar-refractivity contribution in [3.63, 3.8) is 0 Å². The van der Waals surface area contributed by atoms with E-state index in [0.29, 0.717) is 5.56 Å². The van der Waals surface area contributed by atoms with Gasteiger partial charge in [0.1, 0.15) is 5.82 Å². The molecule has 0 atom stereocenters. The average Bonchev–Trinajstić information content (AvgIpc) is 3.05. The summed E-state index contributed by atoms with van der Waals surface area (Å²) in [5.74, 6) is -0.720. The van der Waals surface area contributed by atoms with Crippen LogP contribution in [-0.4, -0.2) is 25.2 Å². The molecule has 4 nitrogen and oxygen atoms in total. The number of carbonyl (C=O) groups is 1. The number of hydrogen-bond donors (Lipinski definition) is 1. The van der Waals surface area contributed by atoms with Gasteiger partial charge in [-0.2, -0.15) is 5.10 Å². The van der Waals surface area contributed by atoms with E-state index in [1.807, 2.05) is 6.07 Å². The van der Waals surface area contributed by atoms with Gasteiger partial charge < -0.3 is 4.90 Å². The third-order valence-electron chi connectivity index (χ3n) is 3.74. The third-order valence-corrected chi connectivity index (χ3v) is 4.83. The minimum Gasteiger partial charge on any atom is -0.363 e. The van der Waals surface area contributed by atoms with Crippen molar-refractivity contribution in [1.82, 2.24) is 5.43 Å². The number of nitrogens with one attached hydrogen (secondary N) is 1. The topological polar surface area (TPSA) is 44.7 Å². The van der Waals surface area contributed by atoms with E-state index in [9.17, 15) is 9.18 Å². The number of halogens is 1. The molecule has 23 heavy (non-hydrogen) atoms. The lowest BCUT2D eigenvalue weighted by molar-refractivity contribution is 0.0955. The molecule has 0 bridgehead atoms. The highest BCUT2D eigenvalue weighted by atomic mass is 32.1. The van der Waals surface area contributed by atoms with Crippen LogP contribution in [-0.2, 0) is 0 Å². The van der Waals surface area contributed by atoms with Gasteiger partial charge in [0, 0.05) is 23.5 Å². The highest BCUT2D eigenvalue weighted by Gasteiger charge is 2.12. The summed E-state index contributed by atoms with van der Waals surface area (Å²) >= 11 is 1.66. The van der Waals surface area contributed by atoms with Gasteiger partial charge in [0.05, 0.1) is 11.2 Å². The first-order valence-corrected chi connectivity index (χ1v) is 8.48. The lowest BCUT2D eigenvalue weighted by Crippen LogP contribution is -2.28. The van der Waals surface area contributed by atoms with Gasteiger partial charge in [-0.3, -0.25) is 4.79 Å². The molecule has 1 N–H and O–H groups in total. The maximum absolute atomic E-state index is 12.8. The molecule has 0 radical (unpaired) electrons. The van der Waals surface area contributed by atoms with Crippen molar-refractivity contribution in [1.29, 1.82) is 0 Å². The van der Waals surface area contributed by atoms with Gasteiger partial charge in [0.2, 0.25) is 0 Å². The molecule has 0 spiro atoms. The molecule has 120 valence electrons. The molecule has 1 fully saturated rings. The van der Waals surface area contributed by atoms with E-state index in [2.05, 4.69) is 21.5 Å². The molecular weight excluding hydrogens is 313 g/mol. The van der Waals surface area contributed by atoms with Crippen molar-refractivity contribution in [3.8, 4) is 0 Å². The second-order valence-corrected chi connectivity index (χ2v) is 6.52. The molecule has 1 aliphatic heterocycles. The van der Waals surface area contributed by atoms with Crippen LogP contribution in [0.5, 0.6) is 0 Å². The zero-order valence-electron chi connectivity index (χ0n) is 12.7.